The normalized spacial score (nSPS) is 11.4. The summed E-state index contributed by atoms with van der Waals surface area (Å²) in [6.07, 6.45) is 1.40. The van der Waals surface area contributed by atoms with E-state index in [1.54, 1.807) is 44.2 Å². The van der Waals surface area contributed by atoms with E-state index in [-0.39, 0.29) is 23.3 Å². The van der Waals surface area contributed by atoms with Crippen molar-refractivity contribution in [2.24, 2.45) is 0 Å². The van der Waals surface area contributed by atoms with Crippen LogP contribution in [0.5, 0.6) is 11.5 Å². The molecule has 0 spiro atoms. The minimum atomic E-state index is -0.697. The molecule has 2 aromatic rings. The van der Waals surface area contributed by atoms with Crippen LogP contribution in [0.3, 0.4) is 0 Å². The molecular formula is C25H27NO5. The maximum Gasteiger partial charge on any atom is 0.348 e. The Balaban J connectivity index is 2.28. The van der Waals surface area contributed by atoms with Crippen LogP contribution in [0.4, 0.5) is 0 Å². The SMILES string of the molecule is CCOC(=O)/C(C#N)=C/c1ccc(OC(=O)c2ccc(C(C)(C)C)cc2)c(OCC)c1. The third-order valence-electron chi connectivity index (χ3n) is 4.38. The molecule has 0 saturated carbocycles. The molecule has 0 radical (unpaired) electrons. The zero-order chi connectivity index (χ0) is 23.0. The monoisotopic (exact) mass is 421 g/mol. The largest absolute Gasteiger partial charge is 0.490 e. The van der Waals surface area contributed by atoms with Gasteiger partial charge in [-0.1, -0.05) is 39.0 Å². The van der Waals surface area contributed by atoms with E-state index in [4.69, 9.17) is 14.2 Å². The summed E-state index contributed by atoms with van der Waals surface area (Å²) in [6, 6.07) is 13.9. The fraction of sp³-hybridized carbons (Fsp3) is 0.320. The first-order valence-corrected chi connectivity index (χ1v) is 10.1. The van der Waals surface area contributed by atoms with Crippen molar-refractivity contribution in [2.45, 2.75) is 40.0 Å². The molecule has 0 bridgehead atoms. The average molecular weight is 421 g/mol. The highest BCUT2D eigenvalue weighted by atomic mass is 16.6. The summed E-state index contributed by atoms with van der Waals surface area (Å²) in [5.41, 5.74) is 1.94. The molecule has 6 nitrogen and oxygen atoms in total. The van der Waals surface area contributed by atoms with Gasteiger partial charge in [-0.05, 0) is 60.7 Å². The number of nitrogens with zero attached hydrogens (tertiary/aromatic N) is 1. The second-order valence-electron chi connectivity index (χ2n) is 7.75. The molecule has 0 N–H and O–H groups in total. The Hall–Kier alpha value is -3.59. The van der Waals surface area contributed by atoms with Gasteiger partial charge in [0.25, 0.3) is 0 Å². The number of benzene rings is 2. The fourth-order valence-corrected chi connectivity index (χ4v) is 2.74. The Morgan fingerprint density at radius 3 is 2.23 bits per heavy atom. The van der Waals surface area contributed by atoms with Gasteiger partial charge in [0.15, 0.2) is 11.5 Å². The Morgan fingerprint density at radius 2 is 1.68 bits per heavy atom. The minimum absolute atomic E-state index is 0.0141. The molecule has 0 amide bonds. The van der Waals surface area contributed by atoms with Gasteiger partial charge in [-0.25, -0.2) is 9.59 Å². The molecule has 31 heavy (non-hydrogen) atoms. The average Bonchev–Trinajstić information content (AvgIpc) is 2.73. The first-order valence-electron chi connectivity index (χ1n) is 10.1. The molecule has 2 rings (SSSR count). The van der Waals surface area contributed by atoms with Crippen molar-refractivity contribution in [3.8, 4) is 17.6 Å². The zero-order valence-corrected chi connectivity index (χ0v) is 18.5. The molecule has 0 aliphatic carbocycles. The molecule has 0 fully saturated rings. The van der Waals surface area contributed by atoms with Crippen LogP contribution in [-0.2, 0) is 14.9 Å². The molecule has 162 valence electrons. The predicted molar refractivity (Wildman–Crippen MR) is 118 cm³/mol. The lowest BCUT2D eigenvalue weighted by Crippen LogP contribution is -2.13. The van der Waals surface area contributed by atoms with Gasteiger partial charge in [-0.2, -0.15) is 5.26 Å². The number of rotatable bonds is 7. The molecule has 0 saturated heterocycles. The van der Waals surface area contributed by atoms with E-state index in [0.717, 1.165) is 5.56 Å². The van der Waals surface area contributed by atoms with Crippen molar-refractivity contribution in [2.75, 3.05) is 13.2 Å². The summed E-state index contributed by atoms with van der Waals surface area (Å²) in [7, 11) is 0. The van der Waals surface area contributed by atoms with Crippen molar-refractivity contribution in [1.82, 2.24) is 0 Å². The highest BCUT2D eigenvalue weighted by Gasteiger charge is 2.17. The van der Waals surface area contributed by atoms with E-state index in [2.05, 4.69) is 20.8 Å². The van der Waals surface area contributed by atoms with Crippen LogP contribution in [0.1, 0.15) is 56.1 Å². The highest BCUT2D eigenvalue weighted by Crippen LogP contribution is 2.30. The zero-order valence-electron chi connectivity index (χ0n) is 18.5. The van der Waals surface area contributed by atoms with Gasteiger partial charge in [-0.15, -0.1) is 0 Å². The Bertz CT molecular complexity index is 1010. The van der Waals surface area contributed by atoms with Crippen LogP contribution in [-0.4, -0.2) is 25.2 Å². The first-order chi connectivity index (χ1) is 14.7. The van der Waals surface area contributed by atoms with Crippen LogP contribution in [0.25, 0.3) is 6.08 Å². The molecule has 0 heterocycles. The van der Waals surface area contributed by atoms with Crippen LogP contribution in [0.2, 0.25) is 0 Å². The van der Waals surface area contributed by atoms with Crippen molar-refractivity contribution >= 4 is 18.0 Å². The molecule has 0 atom stereocenters. The Labute approximate surface area is 183 Å². The maximum atomic E-state index is 12.6. The first kappa shape index (κ1) is 23.7. The molecule has 0 unspecified atom stereocenters. The molecule has 0 aliphatic heterocycles. The quantitative estimate of drug-likeness (QED) is 0.268. The number of carbonyl (C=O) groups is 2. The van der Waals surface area contributed by atoms with Gasteiger partial charge in [0.1, 0.15) is 11.6 Å². The standard InChI is InChI=1S/C25H27NO5/c1-6-29-22-15-17(14-19(16-26)23(27)30-7-2)8-13-21(22)31-24(28)18-9-11-20(12-10-18)25(3,4)5/h8-15H,6-7H2,1-5H3/b19-14+. The molecule has 0 aliphatic rings. The van der Waals surface area contributed by atoms with Crippen molar-refractivity contribution in [1.29, 1.82) is 5.26 Å². The predicted octanol–water partition coefficient (Wildman–Crippen LogP) is 5.07. The second kappa shape index (κ2) is 10.4. The number of carbonyl (C=O) groups excluding carboxylic acids is 2. The summed E-state index contributed by atoms with van der Waals surface area (Å²) in [5.74, 6) is -0.623. The summed E-state index contributed by atoms with van der Waals surface area (Å²) in [5, 5.41) is 9.21. The number of nitriles is 1. The smallest absolute Gasteiger partial charge is 0.348 e. The van der Waals surface area contributed by atoms with E-state index >= 15 is 0 Å². The topological polar surface area (TPSA) is 85.6 Å². The number of hydrogen-bond acceptors (Lipinski definition) is 6. The van der Waals surface area contributed by atoms with Gasteiger partial charge in [0, 0.05) is 0 Å². The van der Waals surface area contributed by atoms with Crippen molar-refractivity contribution in [3.05, 3.63) is 64.7 Å². The van der Waals surface area contributed by atoms with Gasteiger partial charge in [0.05, 0.1) is 18.8 Å². The lowest BCUT2D eigenvalue weighted by Gasteiger charge is -2.19. The van der Waals surface area contributed by atoms with Gasteiger partial charge in [-0.3, -0.25) is 0 Å². The van der Waals surface area contributed by atoms with E-state index in [0.29, 0.717) is 23.5 Å². The van der Waals surface area contributed by atoms with Gasteiger partial charge < -0.3 is 14.2 Å². The third-order valence-corrected chi connectivity index (χ3v) is 4.38. The summed E-state index contributed by atoms with van der Waals surface area (Å²) in [4.78, 5) is 24.4. The Kier molecular flexibility index (Phi) is 7.98. The van der Waals surface area contributed by atoms with Crippen molar-refractivity contribution in [3.63, 3.8) is 0 Å². The summed E-state index contributed by atoms with van der Waals surface area (Å²) in [6.45, 7) is 10.3. The summed E-state index contributed by atoms with van der Waals surface area (Å²) >= 11 is 0. The van der Waals surface area contributed by atoms with E-state index in [1.807, 2.05) is 18.2 Å². The maximum absolute atomic E-state index is 12.6. The van der Waals surface area contributed by atoms with E-state index < -0.39 is 11.9 Å². The van der Waals surface area contributed by atoms with Crippen LogP contribution >= 0.6 is 0 Å². The number of ether oxygens (including phenoxy) is 3. The van der Waals surface area contributed by atoms with E-state index in [1.165, 1.54) is 6.08 Å². The van der Waals surface area contributed by atoms with Gasteiger partial charge >= 0.3 is 11.9 Å². The summed E-state index contributed by atoms with van der Waals surface area (Å²) < 4.78 is 16.0. The molecule has 2 aromatic carbocycles. The molecular weight excluding hydrogens is 394 g/mol. The number of hydrogen-bond donors (Lipinski definition) is 0. The second-order valence-corrected chi connectivity index (χ2v) is 7.75. The van der Waals surface area contributed by atoms with E-state index in [9.17, 15) is 14.9 Å². The van der Waals surface area contributed by atoms with Gasteiger partial charge in [0.2, 0.25) is 0 Å². The lowest BCUT2D eigenvalue weighted by molar-refractivity contribution is -0.137. The Morgan fingerprint density at radius 1 is 1.00 bits per heavy atom. The highest BCUT2D eigenvalue weighted by molar-refractivity contribution is 5.98. The number of esters is 2. The van der Waals surface area contributed by atoms with Crippen LogP contribution in [0, 0.1) is 11.3 Å². The molecule has 0 aromatic heterocycles. The van der Waals surface area contributed by atoms with Crippen molar-refractivity contribution < 1.29 is 23.8 Å². The lowest BCUT2D eigenvalue weighted by atomic mass is 9.87. The van der Waals surface area contributed by atoms with Crippen LogP contribution < -0.4 is 9.47 Å². The minimum Gasteiger partial charge on any atom is -0.490 e. The fourth-order valence-electron chi connectivity index (χ4n) is 2.74. The van der Waals surface area contributed by atoms with Crippen LogP contribution in [0.15, 0.2) is 48.0 Å². The third kappa shape index (κ3) is 6.45. The molecule has 6 heteroatoms.